The van der Waals surface area contributed by atoms with Crippen LogP contribution in [0.5, 0.6) is 0 Å². The van der Waals surface area contributed by atoms with E-state index in [1.807, 2.05) is 0 Å². The van der Waals surface area contributed by atoms with Crippen molar-refractivity contribution in [2.24, 2.45) is 47.3 Å². The molecule has 10 aliphatic rings. The summed E-state index contributed by atoms with van der Waals surface area (Å²) in [6, 6.07) is 0. The SMILES string of the molecule is C1CCC2C3NC(NC4C5CCCCC5C5NC6NC(NC7C8CCCCC8C(N3)[N]7[Sn][N]45)C3CCCCC63)C2C1. The summed E-state index contributed by atoms with van der Waals surface area (Å²) in [6.45, 7) is 0. The summed E-state index contributed by atoms with van der Waals surface area (Å²) in [5.74, 6) is 6.43. The van der Waals surface area contributed by atoms with Gasteiger partial charge >= 0.3 is 259 Å². The van der Waals surface area contributed by atoms with E-state index in [-0.39, 0.29) is 0 Å². The van der Waals surface area contributed by atoms with Gasteiger partial charge in [-0.15, -0.1) is 0 Å². The van der Waals surface area contributed by atoms with Gasteiger partial charge in [0, 0.05) is 0 Å². The van der Waals surface area contributed by atoms with Gasteiger partial charge in [0.15, 0.2) is 0 Å². The number of fused-ring (bicyclic) bond motifs is 16. The second-order valence-corrected chi connectivity index (χ2v) is 19.6. The molecule has 0 aromatic carbocycles. The molecule has 6 aliphatic heterocycles. The molecule has 2 radical (unpaired) electrons. The van der Waals surface area contributed by atoms with Crippen LogP contribution in [0.2, 0.25) is 0 Å². The number of nitrogens with zero attached hydrogens (tertiary/aromatic N) is 2. The number of hydrogen-bond donors (Lipinski definition) is 6. The van der Waals surface area contributed by atoms with Crippen LogP contribution in [-0.4, -0.2) is 77.3 Å². The van der Waals surface area contributed by atoms with E-state index < -0.39 is 21.7 Å². The van der Waals surface area contributed by atoms with Gasteiger partial charge in [0.2, 0.25) is 0 Å². The molecular formula is C32H54N8Sn. The molecule has 6 saturated heterocycles. The van der Waals surface area contributed by atoms with Crippen LogP contribution in [0.25, 0.3) is 0 Å². The first-order chi connectivity index (χ1) is 20.3. The third-order valence-corrected chi connectivity index (χ3v) is 18.9. The van der Waals surface area contributed by atoms with Crippen LogP contribution >= 0.6 is 0 Å². The van der Waals surface area contributed by atoms with Gasteiger partial charge in [-0.1, -0.05) is 0 Å². The zero-order valence-electron chi connectivity index (χ0n) is 24.9. The molecule has 10 rings (SSSR count). The minimum absolute atomic E-state index is 0.486. The van der Waals surface area contributed by atoms with Gasteiger partial charge in [0.05, 0.1) is 0 Å². The molecule has 0 aromatic heterocycles. The zero-order valence-corrected chi connectivity index (χ0v) is 27.8. The van der Waals surface area contributed by atoms with Crippen molar-refractivity contribution in [2.45, 2.75) is 152 Å². The van der Waals surface area contributed by atoms with Crippen LogP contribution in [0.4, 0.5) is 0 Å². The Morgan fingerprint density at radius 2 is 0.561 bits per heavy atom. The van der Waals surface area contributed by atoms with E-state index in [2.05, 4.69) is 38.1 Å². The molecule has 6 heterocycles. The van der Waals surface area contributed by atoms with E-state index >= 15 is 0 Å². The Labute approximate surface area is 258 Å². The molecule has 0 spiro atoms. The van der Waals surface area contributed by atoms with Gasteiger partial charge < -0.3 is 0 Å². The summed E-state index contributed by atoms with van der Waals surface area (Å²) < 4.78 is 6.34. The average Bonchev–Trinajstić information content (AvgIpc) is 3.72. The summed E-state index contributed by atoms with van der Waals surface area (Å²) in [6.07, 6.45) is 27.0. The Balaban J connectivity index is 1.10. The minimum atomic E-state index is -1.06. The monoisotopic (exact) mass is 670 g/mol. The number of nitrogens with one attached hydrogen (secondary N) is 6. The Hall–Kier alpha value is 0.479. The van der Waals surface area contributed by atoms with Gasteiger partial charge in [-0.25, -0.2) is 0 Å². The average molecular weight is 670 g/mol. The molecule has 6 N–H and O–H groups in total. The van der Waals surface area contributed by atoms with Crippen molar-refractivity contribution >= 4 is 21.7 Å². The van der Waals surface area contributed by atoms with Crippen LogP contribution in [0.15, 0.2) is 0 Å². The molecule has 0 aromatic rings. The van der Waals surface area contributed by atoms with Crippen molar-refractivity contribution in [3.05, 3.63) is 0 Å². The standard InChI is InChI=1S/C32H54N8.Sn/c1-2-10-18-17(9-1)25-33-26(18)38-28-21-13-5-6-14-22(21)30(35-28)40-32-24-16-8-7-15-23(24)31(36-32)39-29-20-12-4-3-11-19(20)27(34-29)37-25;/h17-33,36-40H,1-16H2;/q-2;+2. The third-order valence-electron chi connectivity index (χ3n) is 14.4. The molecule has 226 valence electrons. The van der Waals surface area contributed by atoms with Crippen molar-refractivity contribution in [3.63, 3.8) is 0 Å². The molecule has 41 heavy (non-hydrogen) atoms. The third kappa shape index (κ3) is 4.13. The maximum atomic E-state index is 4.47. The fraction of sp³-hybridized carbons (Fsp3) is 1.00. The van der Waals surface area contributed by atoms with E-state index in [1.165, 1.54) is 103 Å². The van der Waals surface area contributed by atoms with E-state index in [0.29, 0.717) is 49.3 Å². The van der Waals surface area contributed by atoms with Crippen molar-refractivity contribution in [1.82, 2.24) is 38.1 Å². The van der Waals surface area contributed by atoms with Gasteiger partial charge in [0.25, 0.3) is 0 Å². The van der Waals surface area contributed by atoms with Crippen LogP contribution < -0.4 is 31.9 Å². The second-order valence-electron chi connectivity index (χ2n) is 16.1. The Bertz CT molecular complexity index is 853. The van der Waals surface area contributed by atoms with Crippen molar-refractivity contribution in [1.29, 1.82) is 0 Å². The summed E-state index contributed by atoms with van der Waals surface area (Å²) in [5.41, 5.74) is 0. The number of rotatable bonds is 0. The Kier molecular flexibility index (Phi) is 6.84. The normalized spacial score (nSPS) is 58.2. The first-order valence-corrected chi connectivity index (χ1v) is 20.8. The summed E-state index contributed by atoms with van der Waals surface area (Å²) in [7, 11) is 0. The quantitative estimate of drug-likeness (QED) is 0.220. The molecular weight excluding hydrogens is 615 g/mol. The fourth-order valence-electron chi connectivity index (χ4n) is 12.6. The van der Waals surface area contributed by atoms with E-state index in [1.54, 1.807) is 0 Å². The van der Waals surface area contributed by atoms with Crippen LogP contribution in [0.3, 0.4) is 0 Å². The van der Waals surface area contributed by atoms with E-state index in [9.17, 15) is 0 Å². The van der Waals surface area contributed by atoms with Gasteiger partial charge in [-0.3, -0.25) is 0 Å². The van der Waals surface area contributed by atoms with E-state index in [0.717, 1.165) is 47.3 Å². The molecule has 4 aliphatic carbocycles. The van der Waals surface area contributed by atoms with Crippen molar-refractivity contribution in [3.8, 4) is 0 Å². The first kappa shape index (κ1) is 26.7. The molecule has 16 unspecified atom stereocenters. The number of hydrogen-bond acceptors (Lipinski definition) is 8. The molecule has 16 atom stereocenters. The fourth-order valence-corrected chi connectivity index (χ4v) is 17.9. The Morgan fingerprint density at radius 1 is 0.317 bits per heavy atom. The summed E-state index contributed by atoms with van der Waals surface area (Å²) >= 11 is -1.06. The van der Waals surface area contributed by atoms with Crippen LogP contribution in [0, 0.1) is 47.3 Å². The first-order valence-electron chi connectivity index (χ1n) is 18.2. The van der Waals surface area contributed by atoms with Gasteiger partial charge in [0.1, 0.15) is 0 Å². The summed E-state index contributed by atoms with van der Waals surface area (Å²) in [5, 5.41) is 26.4. The molecule has 6 bridgehead atoms. The predicted octanol–water partition coefficient (Wildman–Crippen LogP) is 2.58. The zero-order chi connectivity index (χ0) is 26.7. The van der Waals surface area contributed by atoms with E-state index in [4.69, 9.17) is 0 Å². The van der Waals surface area contributed by atoms with Crippen LogP contribution in [0.1, 0.15) is 103 Å². The predicted molar refractivity (Wildman–Crippen MR) is 160 cm³/mol. The van der Waals surface area contributed by atoms with Crippen molar-refractivity contribution < 1.29 is 0 Å². The Morgan fingerprint density at radius 3 is 0.829 bits per heavy atom. The van der Waals surface area contributed by atoms with Gasteiger partial charge in [-0.2, -0.15) is 0 Å². The summed E-state index contributed by atoms with van der Waals surface area (Å²) in [4.78, 5) is 0. The van der Waals surface area contributed by atoms with Gasteiger partial charge in [-0.05, 0) is 0 Å². The second kappa shape index (κ2) is 10.5. The molecule has 4 saturated carbocycles. The molecule has 10 fully saturated rings. The molecule has 9 heteroatoms. The maximum absolute atomic E-state index is 4.47. The van der Waals surface area contributed by atoms with Crippen molar-refractivity contribution in [2.75, 3.05) is 0 Å². The molecule has 8 nitrogen and oxygen atoms in total. The molecule has 0 amide bonds. The topological polar surface area (TPSA) is 78.7 Å². The van der Waals surface area contributed by atoms with Crippen LogP contribution in [-0.2, 0) is 0 Å².